The van der Waals surface area contributed by atoms with E-state index in [-0.39, 0.29) is 17.4 Å². The normalized spacial score (nSPS) is 14.8. The SMILES string of the molecule is CCOc1ccc2c(c1)NC(=O)/C2=C/c1cccc(O)c1O. The van der Waals surface area contributed by atoms with Crippen molar-refractivity contribution in [2.45, 2.75) is 6.92 Å². The van der Waals surface area contributed by atoms with E-state index in [0.717, 1.165) is 5.56 Å². The zero-order chi connectivity index (χ0) is 15.7. The molecule has 0 saturated carbocycles. The topological polar surface area (TPSA) is 78.8 Å². The zero-order valence-electron chi connectivity index (χ0n) is 12.0. The third-order valence-electron chi connectivity index (χ3n) is 3.43. The van der Waals surface area contributed by atoms with E-state index in [9.17, 15) is 15.0 Å². The fourth-order valence-electron chi connectivity index (χ4n) is 2.39. The average molecular weight is 297 g/mol. The minimum Gasteiger partial charge on any atom is -0.504 e. The Bertz CT molecular complexity index is 780. The molecule has 0 saturated heterocycles. The van der Waals surface area contributed by atoms with E-state index in [1.165, 1.54) is 6.07 Å². The second kappa shape index (κ2) is 5.44. The Morgan fingerprint density at radius 1 is 1.23 bits per heavy atom. The van der Waals surface area contributed by atoms with Crippen LogP contribution in [0.3, 0.4) is 0 Å². The van der Waals surface area contributed by atoms with E-state index in [1.54, 1.807) is 36.4 Å². The Morgan fingerprint density at radius 3 is 2.82 bits per heavy atom. The molecule has 3 rings (SSSR count). The molecule has 1 amide bonds. The van der Waals surface area contributed by atoms with E-state index in [4.69, 9.17) is 4.74 Å². The van der Waals surface area contributed by atoms with Crippen LogP contribution in [0.5, 0.6) is 17.2 Å². The van der Waals surface area contributed by atoms with Crippen molar-refractivity contribution in [2.75, 3.05) is 11.9 Å². The van der Waals surface area contributed by atoms with Crippen LogP contribution in [0.4, 0.5) is 5.69 Å². The van der Waals surface area contributed by atoms with E-state index < -0.39 is 0 Å². The lowest BCUT2D eigenvalue weighted by atomic mass is 10.0. The van der Waals surface area contributed by atoms with Gasteiger partial charge in [-0.3, -0.25) is 4.79 Å². The molecule has 0 spiro atoms. The van der Waals surface area contributed by atoms with Crippen molar-refractivity contribution in [1.82, 2.24) is 0 Å². The maximum absolute atomic E-state index is 12.1. The van der Waals surface area contributed by atoms with Crippen LogP contribution in [-0.4, -0.2) is 22.7 Å². The van der Waals surface area contributed by atoms with Gasteiger partial charge in [0, 0.05) is 22.8 Å². The number of carbonyl (C=O) groups excluding carboxylic acids is 1. The summed E-state index contributed by atoms with van der Waals surface area (Å²) in [6, 6.07) is 9.96. The highest BCUT2D eigenvalue weighted by atomic mass is 16.5. The number of hydrogen-bond donors (Lipinski definition) is 3. The summed E-state index contributed by atoms with van der Waals surface area (Å²) >= 11 is 0. The van der Waals surface area contributed by atoms with Crippen molar-refractivity contribution < 1.29 is 19.7 Å². The fourth-order valence-corrected chi connectivity index (χ4v) is 2.39. The average Bonchev–Trinajstić information content (AvgIpc) is 2.79. The summed E-state index contributed by atoms with van der Waals surface area (Å²) in [5.41, 5.74) is 2.21. The largest absolute Gasteiger partial charge is 0.504 e. The molecule has 0 bridgehead atoms. The van der Waals surface area contributed by atoms with E-state index in [0.29, 0.717) is 29.2 Å². The smallest absolute Gasteiger partial charge is 0.256 e. The summed E-state index contributed by atoms with van der Waals surface area (Å²) in [7, 11) is 0. The molecule has 5 heteroatoms. The van der Waals surface area contributed by atoms with Crippen LogP contribution < -0.4 is 10.1 Å². The number of rotatable bonds is 3. The van der Waals surface area contributed by atoms with Gasteiger partial charge in [0.15, 0.2) is 11.5 Å². The molecule has 0 aliphatic carbocycles. The van der Waals surface area contributed by atoms with Crippen LogP contribution in [0, 0.1) is 0 Å². The molecule has 2 aromatic rings. The van der Waals surface area contributed by atoms with Gasteiger partial charge in [-0.2, -0.15) is 0 Å². The number of amides is 1. The summed E-state index contributed by atoms with van der Waals surface area (Å²) in [6.07, 6.45) is 1.55. The molecule has 1 aliphatic rings. The molecule has 22 heavy (non-hydrogen) atoms. The number of nitrogens with one attached hydrogen (secondary N) is 1. The number of phenols is 2. The highest BCUT2D eigenvalue weighted by Crippen LogP contribution is 2.38. The Hall–Kier alpha value is -2.95. The number of benzene rings is 2. The number of carbonyl (C=O) groups is 1. The van der Waals surface area contributed by atoms with Gasteiger partial charge in [0.1, 0.15) is 5.75 Å². The van der Waals surface area contributed by atoms with Crippen LogP contribution in [0.1, 0.15) is 18.1 Å². The Balaban J connectivity index is 2.05. The van der Waals surface area contributed by atoms with E-state index >= 15 is 0 Å². The summed E-state index contributed by atoms with van der Waals surface area (Å²) in [5.74, 6) is -0.0451. The summed E-state index contributed by atoms with van der Waals surface area (Å²) < 4.78 is 5.41. The first-order valence-corrected chi connectivity index (χ1v) is 6.91. The predicted molar refractivity (Wildman–Crippen MR) is 83.9 cm³/mol. The number of para-hydroxylation sites is 1. The van der Waals surface area contributed by atoms with Crippen molar-refractivity contribution in [1.29, 1.82) is 0 Å². The third-order valence-corrected chi connectivity index (χ3v) is 3.43. The lowest BCUT2D eigenvalue weighted by Crippen LogP contribution is -2.03. The van der Waals surface area contributed by atoms with Crippen LogP contribution in [0.2, 0.25) is 0 Å². The Kier molecular flexibility index (Phi) is 3.47. The number of anilines is 1. The molecule has 0 fully saturated rings. The first kappa shape index (κ1) is 14.0. The van der Waals surface area contributed by atoms with Crippen molar-refractivity contribution in [2.24, 2.45) is 0 Å². The first-order valence-electron chi connectivity index (χ1n) is 6.91. The quantitative estimate of drug-likeness (QED) is 0.601. The molecule has 0 radical (unpaired) electrons. The zero-order valence-corrected chi connectivity index (χ0v) is 12.0. The molecule has 1 heterocycles. The second-order valence-electron chi connectivity index (χ2n) is 4.87. The van der Waals surface area contributed by atoms with Crippen molar-refractivity contribution >= 4 is 23.2 Å². The molecule has 2 aromatic carbocycles. The van der Waals surface area contributed by atoms with Crippen LogP contribution in [-0.2, 0) is 4.79 Å². The lowest BCUT2D eigenvalue weighted by molar-refractivity contribution is -0.110. The molecule has 3 N–H and O–H groups in total. The highest BCUT2D eigenvalue weighted by molar-refractivity contribution is 6.35. The number of aromatic hydroxyl groups is 2. The molecule has 112 valence electrons. The van der Waals surface area contributed by atoms with Crippen LogP contribution in [0.15, 0.2) is 36.4 Å². The van der Waals surface area contributed by atoms with Gasteiger partial charge in [-0.05, 0) is 31.2 Å². The molecule has 0 unspecified atom stereocenters. The van der Waals surface area contributed by atoms with Gasteiger partial charge in [-0.1, -0.05) is 12.1 Å². The van der Waals surface area contributed by atoms with E-state index in [1.807, 2.05) is 6.92 Å². The van der Waals surface area contributed by atoms with Gasteiger partial charge in [0.05, 0.1) is 12.3 Å². The minimum atomic E-state index is -0.258. The monoisotopic (exact) mass is 297 g/mol. The second-order valence-corrected chi connectivity index (χ2v) is 4.87. The van der Waals surface area contributed by atoms with Crippen molar-refractivity contribution in [3.05, 3.63) is 47.5 Å². The first-order chi connectivity index (χ1) is 10.6. The maximum Gasteiger partial charge on any atom is 0.256 e. The van der Waals surface area contributed by atoms with Crippen molar-refractivity contribution in [3.8, 4) is 17.2 Å². The number of fused-ring (bicyclic) bond motifs is 1. The molecule has 1 aliphatic heterocycles. The third kappa shape index (κ3) is 2.37. The highest BCUT2D eigenvalue weighted by Gasteiger charge is 2.25. The van der Waals surface area contributed by atoms with Gasteiger partial charge >= 0.3 is 0 Å². The van der Waals surface area contributed by atoms with Crippen molar-refractivity contribution in [3.63, 3.8) is 0 Å². The number of phenolic OH excluding ortho intramolecular Hbond substituents is 2. The standard InChI is InChI=1S/C17H15NO4/c1-2-22-11-6-7-12-13(17(21)18-14(12)9-11)8-10-4-3-5-15(19)16(10)20/h3-9,19-20H,2H2,1H3,(H,18,21)/b13-8+. The summed E-state index contributed by atoms with van der Waals surface area (Å²) in [5, 5.41) is 22.2. The Morgan fingerprint density at radius 2 is 2.05 bits per heavy atom. The fraction of sp³-hybridized carbons (Fsp3) is 0.118. The van der Waals surface area contributed by atoms with Crippen LogP contribution >= 0.6 is 0 Å². The van der Waals surface area contributed by atoms with Gasteiger partial charge in [0.2, 0.25) is 0 Å². The summed E-state index contributed by atoms with van der Waals surface area (Å²) in [6.45, 7) is 2.44. The summed E-state index contributed by atoms with van der Waals surface area (Å²) in [4.78, 5) is 12.1. The lowest BCUT2D eigenvalue weighted by Gasteiger charge is -2.05. The van der Waals surface area contributed by atoms with Crippen LogP contribution in [0.25, 0.3) is 11.6 Å². The molecular weight excluding hydrogens is 282 g/mol. The molecular formula is C17H15NO4. The van der Waals surface area contributed by atoms with Gasteiger partial charge in [-0.15, -0.1) is 0 Å². The van der Waals surface area contributed by atoms with Gasteiger partial charge in [-0.25, -0.2) is 0 Å². The number of hydrogen-bond acceptors (Lipinski definition) is 4. The minimum absolute atomic E-state index is 0.223. The van der Waals surface area contributed by atoms with E-state index in [2.05, 4.69) is 5.32 Å². The predicted octanol–water partition coefficient (Wildman–Crippen LogP) is 2.99. The molecule has 0 atom stereocenters. The molecule has 5 nitrogen and oxygen atoms in total. The Labute approximate surface area is 127 Å². The molecule has 0 aromatic heterocycles. The van der Waals surface area contributed by atoms with Gasteiger partial charge in [0.25, 0.3) is 5.91 Å². The van der Waals surface area contributed by atoms with Gasteiger partial charge < -0.3 is 20.3 Å². The number of ether oxygens (including phenoxy) is 1. The maximum atomic E-state index is 12.1.